The Hall–Kier alpha value is -3.24. The zero-order valence-corrected chi connectivity index (χ0v) is 28.4. The molecule has 3 aromatic carbocycles. The summed E-state index contributed by atoms with van der Waals surface area (Å²) >= 11 is 6.94. The molecule has 0 spiro atoms. The number of anilines is 1. The molecule has 2 bridgehead atoms. The van der Waals surface area contributed by atoms with Crippen LogP contribution >= 0.6 is 11.6 Å². The fourth-order valence-electron chi connectivity index (χ4n) is 7.76. The average Bonchev–Trinajstić information content (AvgIpc) is 3.39. The van der Waals surface area contributed by atoms with E-state index in [4.69, 9.17) is 31.0 Å². The van der Waals surface area contributed by atoms with Gasteiger partial charge in [0.25, 0.3) is 0 Å². The molecule has 2 N–H and O–H groups in total. The van der Waals surface area contributed by atoms with Crippen molar-refractivity contribution in [3.05, 3.63) is 53.3 Å². The lowest BCUT2D eigenvalue weighted by Crippen LogP contribution is -2.54. The molecule has 3 unspecified atom stereocenters. The van der Waals surface area contributed by atoms with Gasteiger partial charge in [-0.2, -0.15) is 9.97 Å². The number of hydrogen-bond acceptors (Lipinski definition) is 8. The minimum atomic E-state index is -0.549. The largest absolute Gasteiger partial charge is 0.508 e. The predicted molar refractivity (Wildman–Crippen MR) is 186 cm³/mol. The Kier molecular flexibility index (Phi) is 9.17. The standard InChI is InChI=1S/C37H45ClFN5O3/c1-21(16-43-17-23(3)47-24(4)18-43)22(2)20-46-37-41-35-31(36(42-37)44-19-26-9-7-10-27(44)15-40-26)14-32(38)33(34(35)39)30-13-28(45)12-25-8-5-6-11-29(25)30/h5-6,8,11-14,21-24,26-27,40,45H,7,9-10,15-20H2,1-4H3/t21?,22-,23-,24+,26?,27?/m0/s1. The van der Waals surface area contributed by atoms with Crippen molar-refractivity contribution in [2.45, 2.75) is 71.2 Å². The van der Waals surface area contributed by atoms with Gasteiger partial charge in [-0.3, -0.25) is 4.90 Å². The molecule has 4 saturated heterocycles. The third-order valence-electron chi connectivity index (χ3n) is 10.3. The van der Waals surface area contributed by atoms with Crippen LogP contribution in [0.4, 0.5) is 10.2 Å². The average molecular weight is 662 g/mol. The van der Waals surface area contributed by atoms with Crippen molar-refractivity contribution in [2.75, 3.05) is 44.2 Å². The smallest absolute Gasteiger partial charge is 0.319 e. The Bertz CT molecular complexity index is 1760. The molecule has 250 valence electrons. The SMILES string of the molecule is CC(CN1C[C@@H](C)O[C@@H](C)C1)[C@@H](C)COc1nc(N2CC3CCCC2CN3)c2cc(Cl)c(-c3cc(O)cc4ccccc34)c(F)c2n1. The van der Waals surface area contributed by atoms with Gasteiger partial charge in [-0.1, -0.05) is 49.7 Å². The molecule has 5 heterocycles. The maximum Gasteiger partial charge on any atom is 0.319 e. The van der Waals surface area contributed by atoms with Crippen molar-refractivity contribution in [3.8, 4) is 22.9 Å². The van der Waals surface area contributed by atoms with E-state index in [1.807, 2.05) is 24.3 Å². The van der Waals surface area contributed by atoms with E-state index in [2.05, 4.69) is 42.8 Å². The maximum atomic E-state index is 17.0. The summed E-state index contributed by atoms with van der Waals surface area (Å²) in [5.74, 6) is 0.731. The van der Waals surface area contributed by atoms with Crippen LogP contribution in [0.1, 0.15) is 47.0 Å². The third-order valence-corrected chi connectivity index (χ3v) is 10.6. The molecule has 0 radical (unpaired) electrons. The predicted octanol–water partition coefficient (Wildman–Crippen LogP) is 7.04. The summed E-state index contributed by atoms with van der Waals surface area (Å²) in [5.41, 5.74) is 0.888. The summed E-state index contributed by atoms with van der Waals surface area (Å²) in [5, 5.41) is 16.6. The number of halogens is 2. The van der Waals surface area contributed by atoms with Gasteiger partial charge in [0, 0.05) is 55.8 Å². The van der Waals surface area contributed by atoms with Crippen molar-refractivity contribution in [2.24, 2.45) is 11.8 Å². The van der Waals surface area contributed by atoms with Crippen LogP contribution in [-0.4, -0.2) is 83.6 Å². The highest BCUT2D eigenvalue weighted by Gasteiger charge is 2.34. The number of morpholine rings is 1. The Labute approximate surface area is 281 Å². The molecule has 0 amide bonds. The van der Waals surface area contributed by atoms with Crippen LogP contribution in [0.25, 0.3) is 32.8 Å². The zero-order chi connectivity index (χ0) is 32.8. The zero-order valence-electron chi connectivity index (χ0n) is 27.7. The van der Waals surface area contributed by atoms with Gasteiger partial charge >= 0.3 is 6.01 Å². The molecule has 0 aliphatic carbocycles. The lowest BCUT2D eigenvalue weighted by Gasteiger charge is -2.39. The maximum absolute atomic E-state index is 17.0. The molecule has 6 atom stereocenters. The number of fused-ring (bicyclic) bond motifs is 6. The third kappa shape index (κ3) is 6.60. The highest BCUT2D eigenvalue weighted by molar-refractivity contribution is 6.35. The summed E-state index contributed by atoms with van der Waals surface area (Å²) in [4.78, 5) is 14.5. The van der Waals surface area contributed by atoms with Gasteiger partial charge in [0.1, 0.15) is 17.1 Å². The van der Waals surface area contributed by atoms with E-state index in [0.717, 1.165) is 62.8 Å². The molecule has 4 aliphatic rings. The number of piperazine rings is 1. The first-order valence-electron chi connectivity index (χ1n) is 17.1. The van der Waals surface area contributed by atoms with Crippen LogP contribution in [0, 0.1) is 17.7 Å². The van der Waals surface area contributed by atoms with Gasteiger partial charge in [-0.25, -0.2) is 4.39 Å². The normalized spacial score (nSPS) is 24.9. The van der Waals surface area contributed by atoms with Gasteiger partial charge in [0.15, 0.2) is 5.82 Å². The second-order valence-corrected chi connectivity index (χ2v) is 14.5. The number of rotatable bonds is 8. The summed E-state index contributed by atoms with van der Waals surface area (Å²) in [6, 6.07) is 13.3. The highest BCUT2D eigenvalue weighted by atomic mass is 35.5. The van der Waals surface area contributed by atoms with E-state index in [1.165, 1.54) is 0 Å². The summed E-state index contributed by atoms with van der Waals surface area (Å²) in [7, 11) is 0. The van der Waals surface area contributed by atoms with Crippen molar-refractivity contribution in [1.29, 1.82) is 0 Å². The number of ether oxygens (including phenoxy) is 2. The van der Waals surface area contributed by atoms with Crippen LogP contribution in [-0.2, 0) is 4.74 Å². The van der Waals surface area contributed by atoms with Crippen molar-refractivity contribution in [1.82, 2.24) is 20.2 Å². The molecule has 8 nitrogen and oxygen atoms in total. The van der Waals surface area contributed by atoms with Gasteiger partial charge in [0.2, 0.25) is 0 Å². The topological polar surface area (TPSA) is 83.0 Å². The quantitative estimate of drug-likeness (QED) is 0.208. The number of phenolic OH excluding ortho intramolecular Hbond substituents is 1. The monoisotopic (exact) mass is 661 g/mol. The fraction of sp³-hybridized carbons (Fsp3) is 0.514. The van der Waals surface area contributed by atoms with Crippen LogP contribution in [0.15, 0.2) is 42.5 Å². The van der Waals surface area contributed by atoms with E-state index in [0.29, 0.717) is 35.3 Å². The van der Waals surface area contributed by atoms with Crippen LogP contribution in [0.2, 0.25) is 5.02 Å². The second kappa shape index (κ2) is 13.3. The molecule has 47 heavy (non-hydrogen) atoms. The number of aromatic nitrogens is 2. The van der Waals surface area contributed by atoms with Crippen LogP contribution in [0.5, 0.6) is 11.8 Å². The molecule has 0 saturated carbocycles. The highest BCUT2D eigenvalue weighted by Crippen LogP contribution is 2.43. The Morgan fingerprint density at radius 3 is 2.64 bits per heavy atom. The number of nitrogens with zero attached hydrogens (tertiary/aromatic N) is 4. The summed E-state index contributed by atoms with van der Waals surface area (Å²) < 4.78 is 29.2. The molecule has 8 rings (SSSR count). The van der Waals surface area contributed by atoms with Crippen LogP contribution in [0.3, 0.4) is 0 Å². The fourth-order valence-corrected chi connectivity index (χ4v) is 8.05. The lowest BCUT2D eigenvalue weighted by atomic mass is 9.95. The number of phenols is 1. The molecule has 4 fully saturated rings. The van der Waals surface area contributed by atoms with E-state index in [9.17, 15) is 5.11 Å². The van der Waals surface area contributed by atoms with E-state index >= 15 is 4.39 Å². The van der Waals surface area contributed by atoms with Gasteiger partial charge in [-0.15, -0.1) is 0 Å². The summed E-state index contributed by atoms with van der Waals surface area (Å²) in [6.45, 7) is 13.5. The van der Waals surface area contributed by atoms with Crippen molar-refractivity contribution < 1.29 is 19.0 Å². The first-order chi connectivity index (χ1) is 22.6. The first kappa shape index (κ1) is 32.3. The number of hydrogen-bond donors (Lipinski definition) is 2. The van der Waals surface area contributed by atoms with Gasteiger partial charge in [0.05, 0.1) is 23.8 Å². The Balaban J connectivity index is 1.26. The Morgan fingerprint density at radius 2 is 1.83 bits per heavy atom. The Morgan fingerprint density at radius 1 is 1.04 bits per heavy atom. The van der Waals surface area contributed by atoms with Gasteiger partial charge in [-0.05, 0) is 79.5 Å². The van der Waals surface area contributed by atoms with Crippen molar-refractivity contribution in [3.63, 3.8) is 0 Å². The number of aromatic hydroxyl groups is 1. The van der Waals surface area contributed by atoms with E-state index in [-0.39, 0.29) is 52.0 Å². The molecule has 1 aromatic heterocycles. The number of benzene rings is 3. The summed E-state index contributed by atoms with van der Waals surface area (Å²) in [6.07, 6.45) is 3.70. The van der Waals surface area contributed by atoms with E-state index in [1.54, 1.807) is 18.2 Å². The minimum Gasteiger partial charge on any atom is -0.508 e. The molecular weight excluding hydrogens is 617 g/mol. The minimum absolute atomic E-state index is 0.0406. The van der Waals surface area contributed by atoms with E-state index < -0.39 is 5.82 Å². The first-order valence-corrected chi connectivity index (χ1v) is 17.4. The second-order valence-electron chi connectivity index (χ2n) is 14.1. The van der Waals surface area contributed by atoms with Crippen LogP contribution < -0.4 is 15.0 Å². The molecule has 4 aromatic rings. The van der Waals surface area contributed by atoms with Gasteiger partial charge < -0.3 is 24.8 Å². The molecule has 10 heteroatoms. The van der Waals surface area contributed by atoms with Crippen molar-refractivity contribution >= 4 is 39.1 Å². The lowest BCUT2D eigenvalue weighted by molar-refractivity contribution is -0.0729. The molecule has 4 aliphatic heterocycles. The molecular formula is C37H45ClFN5O3. The number of nitrogens with one attached hydrogen (secondary N) is 1.